The standard InChI is InChI=1S/2C18H17.C3H6.2ClH.Zr/c2*1-2-7-14-12-16-10-6-11-17(18(16)13-14)15-8-4-3-5-9-15;1-3-2;;;/h2*3-6,8-13H,2,7H2,1H3;1-2H3;2*1H;/q2*-1;;;;+2/p-2. The van der Waals surface area contributed by atoms with E-state index in [1.807, 2.05) is 13.8 Å². The predicted molar refractivity (Wildman–Crippen MR) is 186 cm³/mol. The predicted octanol–water partition coefficient (Wildman–Crippen LogP) is 12.5. The van der Waals surface area contributed by atoms with Crippen LogP contribution in [0.2, 0.25) is 0 Å². The molecule has 0 atom stereocenters. The van der Waals surface area contributed by atoms with Crippen LogP contribution in [0.5, 0.6) is 0 Å². The van der Waals surface area contributed by atoms with E-state index < -0.39 is 18.9 Å². The van der Waals surface area contributed by atoms with Gasteiger partial charge in [-0.1, -0.05) is 111 Å². The first-order chi connectivity index (χ1) is 20.4. The quantitative estimate of drug-likeness (QED) is 0.155. The van der Waals surface area contributed by atoms with E-state index in [4.69, 9.17) is 17.0 Å². The molecule has 0 aliphatic heterocycles. The Morgan fingerprint density at radius 3 is 1.29 bits per heavy atom. The number of hydrogen-bond donors (Lipinski definition) is 0. The van der Waals surface area contributed by atoms with Gasteiger partial charge in [-0.25, -0.2) is 0 Å². The number of halogens is 2. The number of hydrogen-bond acceptors (Lipinski definition) is 0. The van der Waals surface area contributed by atoms with Crippen LogP contribution in [0, 0.1) is 0 Å². The molecule has 0 fully saturated rings. The van der Waals surface area contributed by atoms with E-state index in [9.17, 15) is 0 Å². The number of aryl methyl sites for hydroxylation is 2. The van der Waals surface area contributed by atoms with E-state index in [0.29, 0.717) is 0 Å². The third-order valence-electron chi connectivity index (χ3n) is 7.25. The van der Waals surface area contributed by atoms with Crippen molar-refractivity contribution in [2.45, 2.75) is 53.4 Å². The summed E-state index contributed by atoms with van der Waals surface area (Å²) in [5, 5.41) is 5.49. The molecule has 216 valence electrons. The van der Waals surface area contributed by atoms with Crippen molar-refractivity contribution in [1.29, 1.82) is 0 Å². The first-order valence-electron chi connectivity index (χ1n) is 14.9. The summed E-state index contributed by atoms with van der Waals surface area (Å²) in [4.78, 5) is 0. The van der Waals surface area contributed by atoms with Crippen molar-refractivity contribution in [2.24, 2.45) is 0 Å². The second-order valence-electron chi connectivity index (χ2n) is 10.8. The van der Waals surface area contributed by atoms with Gasteiger partial charge in [-0.3, -0.25) is 0 Å². The molecular formula is C39H40Cl2Zr-2. The second-order valence-corrected chi connectivity index (χ2v) is 20.2. The van der Waals surface area contributed by atoms with Gasteiger partial charge in [-0.15, -0.1) is 69.1 Å². The maximum atomic E-state index is 5.54. The molecule has 0 heterocycles. The molecule has 3 heteroatoms. The molecule has 0 N–H and O–H groups in total. The Morgan fingerprint density at radius 2 is 0.952 bits per heavy atom. The molecule has 0 bridgehead atoms. The first kappa shape index (κ1) is 32.3. The van der Waals surface area contributed by atoms with Crippen LogP contribution in [0.3, 0.4) is 0 Å². The minimum atomic E-state index is -1.84. The molecular weight excluding hydrogens is 631 g/mol. The molecule has 0 spiro atoms. The minimum absolute atomic E-state index is 1.17. The Morgan fingerprint density at radius 1 is 0.571 bits per heavy atom. The molecule has 0 saturated carbocycles. The van der Waals surface area contributed by atoms with E-state index >= 15 is 0 Å². The normalized spacial score (nSPS) is 10.5. The number of rotatable bonds is 6. The van der Waals surface area contributed by atoms with Crippen LogP contribution in [0.15, 0.2) is 121 Å². The molecule has 0 unspecified atom stereocenters. The molecule has 6 aromatic carbocycles. The molecule has 42 heavy (non-hydrogen) atoms. The van der Waals surface area contributed by atoms with Crippen LogP contribution in [-0.4, -0.2) is 3.21 Å². The van der Waals surface area contributed by atoms with E-state index in [2.05, 4.69) is 135 Å². The number of fused-ring (bicyclic) bond motifs is 2. The summed E-state index contributed by atoms with van der Waals surface area (Å²) in [5.41, 5.74) is 8.20. The Bertz CT molecular complexity index is 1590. The molecule has 0 saturated heterocycles. The zero-order valence-electron chi connectivity index (χ0n) is 25.1. The van der Waals surface area contributed by atoms with Crippen LogP contribution in [-0.2, 0) is 31.7 Å². The van der Waals surface area contributed by atoms with Gasteiger partial charge in [0.05, 0.1) is 0 Å². The molecule has 0 amide bonds. The van der Waals surface area contributed by atoms with E-state index in [1.165, 1.54) is 83.8 Å². The molecule has 6 aromatic rings. The Balaban J connectivity index is 0.000000162. The van der Waals surface area contributed by atoms with Crippen molar-refractivity contribution in [3.8, 4) is 22.3 Å². The molecule has 6 rings (SSSR count). The summed E-state index contributed by atoms with van der Waals surface area (Å²) in [6.45, 7) is 8.43. The van der Waals surface area contributed by atoms with Gasteiger partial charge >= 0.3 is 53.0 Å². The summed E-state index contributed by atoms with van der Waals surface area (Å²) < 4.78 is 1.24. The third kappa shape index (κ3) is 8.73. The Kier molecular flexibility index (Phi) is 12.6. The van der Waals surface area contributed by atoms with Crippen molar-refractivity contribution in [1.82, 2.24) is 0 Å². The molecule has 0 nitrogen and oxygen atoms in total. The van der Waals surface area contributed by atoms with E-state index in [-0.39, 0.29) is 0 Å². The van der Waals surface area contributed by atoms with Gasteiger partial charge in [0, 0.05) is 0 Å². The first-order valence-corrected chi connectivity index (χ1v) is 22.4. The van der Waals surface area contributed by atoms with Crippen molar-refractivity contribution in [3.63, 3.8) is 0 Å². The second kappa shape index (κ2) is 16.3. The maximum absolute atomic E-state index is 5.54. The number of benzene rings is 4. The topological polar surface area (TPSA) is 0 Å². The van der Waals surface area contributed by atoms with Crippen molar-refractivity contribution in [2.75, 3.05) is 0 Å². The van der Waals surface area contributed by atoms with Crippen LogP contribution in [0.1, 0.15) is 51.7 Å². The van der Waals surface area contributed by atoms with Gasteiger partial charge in [0.2, 0.25) is 0 Å². The molecule has 0 aliphatic carbocycles. The van der Waals surface area contributed by atoms with E-state index in [1.54, 1.807) is 0 Å². The van der Waals surface area contributed by atoms with Crippen LogP contribution in [0.4, 0.5) is 0 Å². The monoisotopic (exact) mass is 668 g/mol. The summed E-state index contributed by atoms with van der Waals surface area (Å²) in [6, 6.07) is 43.8. The summed E-state index contributed by atoms with van der Waals surface area (Å²) in [5.74, 6) is 0. The fourth-order valence-electron chi connectivity index (χ4n) is 5.20. The van der Waals surface area contributed by atoms with Gasteiger partial charge < -0.3 is 0 Å². The van der Waals surface area contributed by atoms with Gasteiger partial charge in [-0.05, 0) is 24.0 Å². The van der Waals surface area contributed by atoms with Gasteiger partial charge in [0.25, 0.3) is 0 Å². The average molecular weight is 671 g/mol. The SMILES string of the molecule is CCCc1cc2c(-c3ccccc3)cccc2[cH-]1.CCCc1cc2c(-c3ccccc3)cccc2[cH-]1.C[C](C)=[Zr]([Cl])[Cl]. The molecule has 0 aliphatic rings. The van der Waals surface area contributed by atoms with Crippen LogP contribution >= 0.6 is 17.0 Å². The van der Waals surface area contributed by atoms with Crippen LogP contribution < -0.4 is 0 Å². The summed E-state index contributed by atoms with van der Waals surface area (Å²) in [6.07, 6.45) is 4.75. The third-order valence-corrected chi connectivity index (χ3v) is 13.6. The zero-order chi connectivity index (χ0) is 29.9. The fourth-order valence-corrected chi connectivity index (χ4v) is 5.20. The Hall–Kier alpha value is -2.57. The van der Waals surface area contributed by atoms with Gasteiger partial charge in [0.15, 0.2) is 0 Å². The Labute approximate surface area is 266 Å². The van der Waals surface area contributed by atoms with Gasteiger partial charge in [-0.2, -0.15) is 12.1 Å². The summed E-state index contributed by atoms with van der Waals surface area (Å²) >= 11 is -1.84. The summed E-state index contributed by atoms with van der Waals surface area (Å²) in [7, 11) is 11.1. The zero-order valence-corrected chi connectivity index (χ0v) is 29.1. The van der Waals surface area contributed by atoms with Crippen LogP contribution in [0.25, 0.3) is 43.8 Å². The fraction of sp³-hybridized carbons (Fsp3) is 0.205. The van der Waals surface area contributed by atoms with Crippen molar-refractivity contribution < 1.29 is 18.9 Å². The average Bonchev–Trinajstić information content (AvgIpc) is 3.62. The molecule has 0 aromatic heterocycles. The van der Waals surface area contributed by atoms with Crippen molar-refractivity contribution >= 4 is 41.8 Å². The van der Waals surface area contributed by atoms with Gasteiger partial charge in [0.1, 0.15) is 0 Å². The molecule has 0 radical (unpaired) electrons. The van der Waals surface area contributed by atoms with E-state index in [0.717, 1.165) is 0 Å². The van der Waals surface area contributed by atoms with Crippen molar-refractivity contribution in [3.05, 3.63) is 132 Å².